The zero-order valence-electron chi connectivity index (χ0n) is 7.68. The second kappa shape index (κ2) is 5.29. The molecule has 0 radical (unpaired) electrons. The number of halogens is 2. The lowest BCUT2D eigenvalue weighted by atomic mass is 10.3. The molecule has 0 saturated heterocycles. The van der Waals surface area contributed by atoms with Crippen LogP contribution in [0.4, 0.5) is 5.69 Å². The van der Waals surface area contributed by atoms with Crippen molar-refractivity contribution in [2.24, 2.45) is 0 Å². The molecule has 3 nitrogen and oxygen atoms in total. The quantitative estimate of drug-likeness (QED) is 0.843. The molecular formula is C9H11Cl2NO2. The van der Waals surface area contributed by atoms with Gasteiger partial charge < -0.3 is 15.2 Å². The van der Waals surface area contributed by atoms with Gasteiger partial charge >= 0.3 is 0 Å². The Morgan fingerprint density at radius 2 is 2.14 bits per heavy atom. The number of aliphatic hydroxyl groups is 1. The second-order valence-corrected chi connectivity index (χ2v) is 3.46. The summed E-state index contributed by atoms with van der Waals surface area (Å²) in [6, 6.07) is 3.30. The van der Waals surface area contributed by atoms with E-state index in [4.69, 9.17) is 33.0 Å². The number of nitrogens with one attached hydrogen (secondary N) is 1. The number of anilines is 1. The number of methoxy groups -OCH3 is 1. The maximum absolute atomic E-state index is 8.66. The number of ether oxygens (including phenoxy) is 1. The summed E-state index contributed by atoms with van der Waals surface area (Å²) in [5.74, 6) is 0.532. The fourth-order valence-electron chi connectivity index (χ4n) is 1.09. The molecule has 0 saturated carbocycles. The summed E-state index contributed by atoms with van der Waals surface area (Å²) in [7, 11) is 1.53. The third kappa shape index (κ3) is 2.67. The Balaban J connectivity index is 2.99. The van der Waals surface area contributed by atoms with Gasteiger partial charge in [0.1, 0.15) is 0 Å². The van der Waals surface area contributed by atoms with Gasteiger partial charge in [-0.15, -0.1) is 0 Å². The summed E-state index contributed by atoms with van der Waals surface area (Å²) in [4.78, 5) is 0. The predicted molar refractivity (Wildman–Crippen MR) is 58.6 cm³/mol. The number of hydrogen-bond donors (Lipinski definition) is 2. The fourth-order valence-corrected chi connectivity index (χ4v) is 1.66. The maximum Gasteiger partial charge on any atom is 0.160 e. The van der Waals surface area contributed by atoms with E-state index in [-0.39, 0.29) is 6.61 Å². The minimum Gasteiger partial charge on any atom is -0.493 e. The van der Waals surface area contributed by atoms with E-state index in [1.165, 1.54) is 7.11 Å². The van der Waals surface area contributed by atoms with Crippen molar-refractivity contribution in [3.63, 3.8) is 0 Å². The lowest BCUT2D eigenvalue weighted by Gasteiger charge is -2.12. The SMILES string of the molecule is COc1c(Cl)cc(Cl)cc1NCCO. The molecule has 0 unspecified atom stereocenters. The van der Waals surface area contributed by atoms with Gasteiger partial charge in [-0.3, -0.25) is 0 Å². The van der Waals surface area contributed by atoms with Crippen molar-refractivity contribution in [1.29, 1.82) is 0 Å². The van der Waals surface area contributed by atoms with Crippen LogP contribution in [0, 0.1) is 0 Å². The van der Waals surface area contributed by atoms with Gasteiger partial charge in [0.2, 0.25) is 0 Å². The molecular weight excluding hydrogens is 225 g/mol. The van der Waals surface area contributed by atoms with Crippen molar-refractivity contribution >= 4 is 28.9 Å². The highest BCUT2D eigenvalue weighted by molar-refractivity contribution is 6.36. The molecule has 0 atom stereocenters. The molecule has 1 aromatic rings. The highest BCUT2D eigenvalue weighted by atomic mass is 35.5. The number of rotatable bonds is 4. The van der Waals surface area contributed by atoms with E-state index in [9.17, 15) is 0 Å². The average molecular weight is 236 g/mol. The van der Waals surface area contributed by atoms with Gasteiger partial charge in [-0.1, -0.05) is 23.2 Å². The van der Waals surface area contributed by atoms with Gasteiger partial charge in [0.15, 0.2) is 5.75 Å². The summed E-state index contributed by atoms with van der Waals surface area (Å²) in [5, 5.41) is 12.6. The van der Waals surface area contributed by atoms with Crippen LogP contribution in [0.2, 0.25) is 10.0 Å². The van der Waals surface area contributed by atoms with Crippen LogP contribution in [0.5, 0.6) is 5.75 Å². The van der Waals surface area contributed by atoms with Crippen molar-refractivity contribution in [3.05, 3.63) is 22.2 Å². The van der Waals surface area contributed by atoms with Crippen molar-refractivity contribution in [2.75, 3.05) is 25.6 Å². The first-order valence-electron chi connectivity index (χ1n) is 4.06. The molecule has 1 aromatic carbocycles. The predicted octanol–water partition coefficient (Wildman–Crippen LogP) is 2.41. The third-order valence-corrected chi connectivity index (χ3v) is 2.14. The molecule has 0 amide bonds. The second-order valence-electron chi connectivity index (χ2n) is 2.62. The Labute approximate surface area is 92.6 Å². The number of hydrogen-bond acceptors (Lipinski definition) is 3. The molecule has 0 aliphatic rings. The van der Waals surface area contributed by atoms with Crippen LogP contribution in [-0.2, 0) is 0 Å². The first kappa shape index (κ1) is 11.4. The van der Waals surface area contributed by atoms with E-state index in [0.29, 0.717) is 28.0 Å². The molecule has 0 heterocycles. The molecule has 0 aliphatic heterocycles. The smallest absolute Gasteiger partial charge is 0.160 e. The van der Waals surface area contributed by atoms with Crippen LogP contribution in [0.15, 0.2) is 12.1 Å². The van der Waals surface area contributed by atoms with Crippen molar-refractivity contribution in [2.45, 2.75) is 0 Å². The lowest BCUT2D eigenvalue weighted by Crippen LogP contribution is -2.06. The third-order valence-electron chi connectivity index (χ3n) is 1.64. The topological polar surface area (TPSA) is 41.5 Å². The maximum atomic E-state index is 8.66. The van der Waals surface area contributed by atoms with Crippen LogP contribution in [0.3, 0.4) is 0 Å². The van der Waals surface area contributed by atoms with E-state index in [2.05, 4.69) is 5.32 Å². The molecule has 2 N–H and O–H groups in total. The number of aliphatic hydroxyl groups excluding tert-OH is 1. The van der Waals surface area contributed by atoms with E-state index >= 15 is 0 Å². The standard InChI is InChI=1S/C9H11Cl2NO2/c1-14-9-7(11)4-6(10)5-8(9)12-2-3-13/h4-5,12-13H,2-3H2,1H3. The van der Waals surface area contributed by atoms with Crippen LogP contribution in [-0.4, -0.2) is 25.4 Å². The molecule has 0 fully saturated rings. The average Bonchev–Trinajstić information content (AvgIpc) is 2.14. The fraction of sp³-hybridized carbons (Fsp3) is 0.333. The van der Waals surface area contributed by atoms with Crippen molar-refractivity contribution in [3.8, 4) is 5.75 Å². The Hall–Kier alpha value is -0.640. The minimum absolute atomic E-state index is 0.0350. The lowest BCUT2D eigenvalue weighted by molar-refractivity contribution is 0.311. The highest BCUT2D eigenvalue weighted by Gasteiger charge is 2.08. The van der Waals surface area contributed by atoms with E-state index in [1.807, 2.05) is 0 Å². The summed E-state index contributed by atoms with van der Waals surface area (Å²) >= 11 is 11.7. The van der Waals surface area contributed by atoms with Gasteiger partial charge in [0, 0.05) is 11.6 Å². The van der Waals surface area contributed by atoms with E-state index in [1.54, 1.807) is 12.1 Å². The van der Waals surface area contributed by atoms with Gasteiger partial charge in [-0.25, -0.2) is 0 Å². The zero-order valence-corrected chi connectivity index (χ0v) is 9.19. The van der Waals surface area contributed by atoms with E-state index in [0.717, 1.165) is 0 Å². The normalized spacial score (nSPS) is 10.0. The Morgan fingerprint density at radius 3 is 2.71 bits per heavy atom. The van der Waals surface area contributed by atoms with Crippen LogP contribution in [0.25, 0.3) is 0 Å². The van der Waals surface area contributed by atoms with Gasteiger partial charge in [0.05, 0.1) is 24.4 Å². The minimum atomic E-state index is 0.0350. The monoisotopic (exact) mass is 235 g/mol. The summed E-state index contributed by atoms with van der Waals surface area (Å²) in [5.41, 5.74) is 0.680. The molecule has 78 valence electrons. The molecule has 5 heteroatoms. The highest BCUT2D eigenvalue weighted by Crippen LogP contribution is 2.35. The summed E-state index contributed by atoms with van der Waals surface area (Å²) in [6.07, 6.45) is 0. The van der Waals surface area contributed by atoms with Crippen LogP contribution >= 0.6 is 23.2 Å². The Kier molecular flexibility index (Phi) is 4.32. The zero-order chi connectivity index (χ0) is 10.6. The number of benzene rings is 1. The molecule has 14 heavy (non-hydrogen) atoms. The van der Waals surface area contributed by atoms with Crippen LogP contribution in [0.1, 0.15) is 0 Å². The van der Waals surface area contributed by atoms with Gasteiger partial charge in [-0.2, -0.15) is 0 Å². The Morgan fingerprint density at radius 1 is 1.43 bits per heavy atom. The summed E-state index contributed by atoms with van der Waals surface area (Å²) < 4.78 is 5.09. The van der Waals surface area contributed by atoms with Crippen LogP contribution < -0.4 is 10.1 Å². The first-order chi connectivity index (χ1) is 6.69. The largest absolute Gasteiger partial charge is 0.493 e. The molecule has 0 bridgehead atoms. The van der Waals surface area contributed by atoms with Crippen molar-refractivity contribution in [1.82, 2.24) is 0 Å². The Bertz CT molecular complexity index is 318. The first-order valence-corrected chi connectivity index (χ1v) is 4.82. The molecule has 0 aliphatic carbocycles. The molecule has 0 aromatic heterocycles. The molecule has 1 rings (SSSR count). The summed E-state index contributed by atoms with van der Waals surface area (Å²) in [6.45, 7) is 0.459. The molecule has 0 spiro atoms. The van der Waals surface area contributed by atoms with Gasteiger partial charge in [-0.05, 0) is 12.1 Å². The van der Waals surface area contributed by atoms with Gasteiger partial charge in [0.25, 0.3) is 0 Å². The van der Waals surface area contributed by atoms with Crippen molar-refractivity contribution < 1.29 is 9.84 Å². The van der Waals surface area contributed by atoms with E-state index < -0.39 is 0 Å².